The molecule has 206 valence electrons. The first-order valence-electron chi connectivity index (χ1n) is 13.9. The molecule has 0 unspecified atom stereocenters. The Morgan fingerprint density at radius 2 is 1.63 bits per heavy atom. The molecule has 0 aliphatic carbocycles. The number of aromatic nitrogens is 2. The molecule has 1 saturated heterocycles. The van der Waals surface area contributed by atoms with Crippen molar-refractivity contribution in [3.8, 4) is 5.69 Å². The number of nitrogens with one attached hydrogen (secondary N) is 1. The zero-order chi connectivity index (χ0) is 28.3. The summed E-state index contributed by atoms with van der Waals surface area (Å²) in [5.41, 5.74) is 6.02. The lowest BCUT2D eigenvalue weighted by molar-refractivity contribution is -0.114. The van der Waals surface area contributed by atoms with Crippen molar-refractivity contribution in [3.05, 3.63) is 125 Å². The lowest BCUT2D eigenvalue weighted by atomic mass is 9.89. The van der Waals surface area contributed by atoms with E-state index in [0.29, 0.717) is 28.5 Å². The van der Waals surface area contributed by atoms with Crippen LogP contribution in [0.25, 0.3) is 16.7 Å². The first-order valence-corrected chi connectivity index (χ1v) is 13.9. The van der Waals surface area contributed by atoms with Crippen molar-refractivity contribution in [3.63, 3.8) is 0 Å². The van der Waals surface area contributed by atoms with Crippen LogP contribution in [-0.4, -0.2) is 39.2 Å². The van der Waals surface area contributed by atoms with Crippen molar-refractivity contribution in [2.24, 2.45) is 0 Å². The predicted octanol–water partition coefficient (Wildman–Crippen LogP) is 6.73. The number of hydrogen-bond donors (Lipinski definition) is 1. The van der Waals surface area contributed by atoms with Crippen LogP contribution in [0.15, 0.2) is 97.1 Å². The van der Waals surface area contributed by atoms with E-state index in [9.17, 15) is 14.0 Å². The Hall–Kier alpha value is -4.62. The number of halogens is 1. The fourth-order valence-corrected chi connectivity index (χ4v) is 5.68. The number of amides is 1. The van der Waals surface area contributed by atoms with Crippen molar-refractivity contribution in [1.29, 1.82) is 0 Å². The summed E-state index contributed by atoms with van der Waals surface area (Å²) < 4.78 is 15.4. The van der Waals surface area contributed by atoms with Crippen LogP contribution in [0.4, 0.5) is 10.1 Å². The van der Waals surface area contributed by atoms with E-state index in [1.165, 1.54) is 24.6 Å². The molecule has 7 heteroatoms. The largest absolute Gasteiger partial charge is 0.326 e. The molecule has 1 aliphatic rings. The molecule has 0 atom stereocenters. The van der Waals surface area contributed by atoms with E-state index in [-0.39, 0.29) is 17.5 Å². The minimum atomic E-state index is -0.331. The monoisotopic (exact) mass is 546 g/mol. The first kappa shape index (κ1) is 26.6. The van der Waals surface area contributed by atoms with Gasteiger partial charge in [-0.3, -0.25) is 19.1 Å². The Kier molecular flexibility index (Phi) is 7.44. The molecule has 2 heterocycles. The molecule has 0 saturated carbocycles. The Bertz CT molecular complexity index is 1700. The van der Waals surface area contributed by atoms with Crippen LogP contribution in [0.1, 0.15) is 53.0 Å². The third kappa shape index (κ3) is 5.81. The van der Waals surface area contributed by atoms with Crippen molar-refractivity contribution >= 4 is 28.4 Å². The first-order chi connectivity index (χ1) is 19.9. The standard InChI is InChI=1S/C34H31FN4O2/c1-23(40)36-29-6-4-5-27(21-29)25-17-19-38(20-18-25)22-24-9-11-26(12-10-24)33(41)34-37-31-7-2-3-8-32(31)39(34)30-15-13-28(35)14-16-30/h2-16,21,25H,17-20,22H2,1H3,(H,36,40). The van der Waals surface area contributed by atoms with E-state index >= 15 is 0 Å². The summed E-state index contributed by atoms with van der Waals surface area (Å²) >= 11 is 0. The molecule has 1 fully saturated rings. The number of hydrogen-bond acceptors (Lipinski definition) is 4. The number of benzene rings is 4. The molecule has 1 aliphatic heterocycles. The highest BCUT2D eigenvalue weighted by Gasteiger charge is 2.23. The van der Waals surface area contributed by atoms with Crippen LogP contribution in [0.2, 0.25) is 0 Å². The van der Waals surface area contributed by atoms with Crippen LogP contribution in [0, 0.1) is 5.82 Å². The summed E-state index contributed by atoms with van der Waals surface area (Å²) in [7, 11) is 0. The van der Waals surface area contributed by atoms with Gasteiger partial charge in [-0.2, -0.15) is 0 Å². The zero-order valence-electron chi connectivity index (χ0n) is 22.9. The topological polar surface area (TPSA) is 67.2 Å². The summed E-state index contributed by atoms with van der Waals surface area (Å²) in [6.45, 7) is 4.31. The number of anilines is 1. The van der Waals surface area contributed by atoms with Gasteiger partial charge in [0.2, 0.25) is 11.7 Å². The number of likely N-dealkylation sites (tertiary alicyclic amines) is 1. The highest BCUT2D eigenvalue weighted by molar-refractivity contribution is 6.08. The van der Waals surface area contributed by atoms with E-state index in [1.54, 1.807) is 16.7 Å². The molecule has 1 N–H and O–H groups in total. The second-order valence-electron chi connectivity index (χ2n) is 10.6. The van der Waals surface area contributed by atoms with Gasteiger partial charge in [0.1, 0.15) is 5.82 Å². The van der Waals surface area contributed by atoms with Gasteiger partial charge in [-0.1, -0.05) is 48.5 Å². The Balaban J connectivity index is 1.14. The molecule has 6 nitrogen and oxygen atoms in total. The fourth-order valence-electron chi connectivity index (χ4n) is 5.68. The molecule has 5 aromatic rings. The minimum Gasteiger partial charge on any atom is -0.326 e. The highest BCUT2D eigenvalue weighted by Crippen LogP contribution is 2.30. The maximum atomic E-state index is 13.6. The van der Waals surface area contributed by atoms with Gasteiger partial charge < -0.3 is 5.32 Å². The maximum absolute atomic E-state index is 13.6. The van der Waals surface area contributed by atoms with Gasteiger partial charge >= 0.3 is 0 Å². The number of piperidine rings is 1. The molecule has 0 spiro atoms. The second-order valence-corrected chi connectivity index (χ2v) is 10.6. The molecule has 4 aromatic carbocycles. The Morgan fingerprint density at radius 1 is 0.902 bits per heavy atom. The number of para-hydroxylation sites is 2. The van der Waals surface area contributed by atoms with Crippen LogP contribution in [-0.2, 0) is 11.3 Å². The summed E-state index contributed by atoms with van der Waals surface area (Å²) in [4.78, 5) is 32.1. The van der Waals surface area contributed by atoms with E-state index in [1.807, 2.05) is 60.7 Å². The van der Waals surface area contributed by atoms with Crippen molar-refractivity contribution in [2.45, 2.75) is 32.2 Å². The lowest BCUT2D eigenvalue weighted by Crippen LogP contribution is -2.32. The SMILES string of the molecule is CC(=O)Nc1cccc(C2CCN(Cc3ccc(C(=O)c4nc5ccccc5n4-c4ccc(F)cc4)cc3)CC2)c1. The molecular formula is C34H31FN4O2. The van der Waals surface area contributed by atoms with Gasteiger partial charge in [-0.25, -0.2) is 9.37 Å². The van der Waals surface area contributed by atoms with Crippen LogP contribution in [0.3, 0.4) is 0 Å². The highest BCUT2D eigenvalue weighted by atomic mass is 19.1. The zero-order valence-corrected chi connectivity index (χ0v) is 22.9. The van der Waals surface area contributed by atoms with Crippen molar-refractivity contribution in [1.82, 2.24) is 14.5 Å². The molecule has 1 aromatic heterocycles. The smallest absolute Gasteiger partial charge is 0.228 e. The van der Waals surface area contributed by atoms with Gasteiger partial charge in [0.25, 0.3) is 0 Å². The van der Waals surface area contributed by atoms with Crippen molar-refractivity contribution in [2.75, 3.05) is 18.4 Å². The average Bonchev–Trinajstić information content (AvgIpc) is 3.37. The number of imidazole rings is 1. The number of nitrogens with zero attached hydrogens (tertiary/aromatic N) is 3. The minimum absolute atomic E-state index is 0.0591. The van der Waals surface area contributed by atoms with E-state index in [2.05, 4.69) is 27.3 Å². The molecule has 6 rings (SSSR count). The number of ketones is 1. The van der Waals surface area contributed by atoms with Crippen LogP contribution in [0.5, 0.6) is 0 Å². The van der Waals surface area contributed by atoms with Crippen LogP contribution >= 0.6 is 0 Å². The van der Waals surface area contributed by atoms with Crippen molar-refractivity contribution < 1.29 is 14.0 Å². The lowest BCUT2D eigenvalue weighted by Gasteiger charge is -2.32. The fraction of sp³-hybridized carbons (Fsp3) is 0.206. The normalized spacial score (nSPS) is 14.3. The number of rotatable bonds is 7. The summed E-state index contributed by atoms with van der Waals surface area (Å²) in [5.74, 6) is 0.202. The maximum Gasteiger partial charge on any atom is 0.228 e. The summed E-state index contributed by atoms with van der Waals surface area (Å²) in [6, 6.07) is 29.6. The van der Waals surface area contributed by atoms with Gasteiger partial charge in [-0.15, -0.1) is 0 Å². The summed E-state index contributed by atoms with van der Waals surface area (Å²) in [5, 5.41) is 2.88. The van der Waals surface area contributed by atoms with Gasteiger partial charge in [0, 0.05) is 30.4 Å². The molecular weight excluding hydrogens is 515 g/mol. The average molecular weight is 547 g/mol. The van der Waals surface area contributed by atoms with E-state index in [0.717, 1.165) is 49.2 Å². The van der Waals surface area contributed by atoms with Crippen LogP contribution < -0.4 is 5.32 Å². The van der Waals surface area contributed by atoms with Gasteiger partial charge in [-0.05, 0) is 91.5 Å². The summed E-state index contributed by atoms with van der Waals surface area (Å²) in [6.07, 6.45) is 2.11. The third-order valence-corrected chi connectivity index (χ3v) is 7.74. The number of carbonyl (C=O) groups excluding carboxylic acids is 2. The van der Waals surface area contributed by atoms with E-state index in [4.69, 9.17) is 0 Å². The Morgan fingerprint density at radius 3 is 2.37 bits per heavy atom. The van der Waals surface area contributed by atoms with Gasteiger partial charge in [0.05, 0.1) is 11.0 Å². The third-order valence-electron chi connectivity index (χ3n) is 7.74. The predicted molar refractivity (Wildman–Crippen MR) is 159 cm³/mol. The second kappa shape index (κ2) is 11.5. The quantitative estimate of drug-likeness (QED) is 0.230. The number of carbonyl (C=O) groups is 2. The molecule has 41 heavy (non-hydrogen) atoms. The molecule has 1 amide bonds. The van der Waals surface area contributed by atoms with Gasteiger partial charge in [0.15, 0.2) is 5.82 Å². The molecule has 0 bridgehead atoms. The Labute approximate surface area is 238 Å². The molecule has 0 radical (unpaired) electrons. The number of fused-ring (bicyclic) bond motifs is 1. The van der Waals surface area contributed by atoms with E-state index < -0.39 is 0 Å².